The monoisotopic (exact) mass is 292 g/mol. The van der Waals surface area contributed by atoms with Gasteiger partial charge in [0.2, 0.25) is 5.89 Å². The SMILES string of the molecule is CNC(C)c1nnc(NCc2ccc(OC)cc2OC)o1. The van der Waals surface area contributed by atoms with Gasteiger partial charge in [-0.15, -0.1) is 5.10 Å². The summed E-state index contributed by atoms with van der Waals surface area (Å²) < 4.78 is 16.0. The van der Waals surface area contributed by atoms with Crippen LogP contribution in [0.5, 0.6) is 11.5 Å². The summed E-state index contributed by atoms with van der Waals surface area (Å²) in [6.07, 6.45) is 0. The van der Waals surface area contributed by atoms with Gasteiger partial charge in [0.15, 0.2) is 0 Å². The second-order valence-electron chi connectivity index (χ2n) is 4.49. The Balaban J connectivity index is 2.04. The van der Waals surface area contributed by atoms with Gasteiger partial charge in [-0.25, -0.2) is 0 Å². The van der Waals surface area contributed by atoms with Gasteiger partial charge in [0, 0.05) is 18.2 Å². The van der Waals surface area contributed by atoms with Crippen molar-refractivity contribution in [1.82, 2.24) is 15.5 Å². The first-order chi connectivity index (χ1) is 10.2. The standard InChI is InChI=1S/C14H20N4O3/c1-9(15-2)13-17-18-14(21-13)16-8-10-5-6-11(19-3)7-12(10)20-4/h5-7,9,15H,8H2,1-4H3,(H,16,18). The van der Waals surface area contributed by atoms with Crippen LogP contribution in [-0.2, 0) is 6.54 Å². The van der Waals surface area contributed by atoms with Gasteiger partial charge in [-0.2, -0.15) is 0 Å². The Hall–Kier alpha value is -2.28. The summed E-state index contributed by atoms with van der Waals surface area (Å²) in [7, 11) is 5.08. The van der Waals surface area contributed by atoms with Crippen LogP contribution in [0, 0.1) is 0 Å². The zero-order valence-electron chi connectivity index (χ0n) is 12.6. The molecule has 0 saturated heterocycles. The minimum atomic E-state index is 0.0172. The molecule has 1 unspecified atom stereocenters. The van der Waals surface area contributed by atoms with E-state index in [9.17, 15) is 0 Å². The van der Waals surface area contributed by atoms with Crippen LogP contribution < -0.4 is 20.1 Å². The number of methoxy groups -OCH3 is 2. The molecule has 7 nitrogen and oxygen atoms in total. The molecule has 0 spiro atoms. The van der Waals surface area contributed by atoms with Crippen LogP contribution in [0.2, 0.25) is 0 Å². The third kappa shape index (κ3) is 3.63. The van der Waals surface area contributed by atoms with E-state index in [0.29, 0.717) is 18.5 Å². The predicted molar refractivity (Wildman–Crippen MR) is 78.6 cm³/mol. The third-order valence-corrected chi connectivity index (χ3v) is 3.17. The topological polar surface area (TPSA) is 81.4 Å². The van der Waals surface area contributed by atoms with Gasteiger partial charge >= 0.3 is 6.01 Å². The van der Waals surface area contributed by atoms with Crippen molar-refractivity contribution in [1.29, 1.82) is 0 Å². The number of nitrogens with zero attached hydrogens (tertiary/aromatic N) is 2. The van der Waals surface area contributed by atoms with Crippen LogP contribution in [0.1, 0.15) is 24.4 Å². The van der Waals surface area contributed by atoms with Gasteiger partial charge in [0.25, 0.3) is 0 Å². The summed E-state index contributed by atoms with van der Waals surface area (Å²) in [6.45, 7) is 2.46. The molecule has 2 N–H and O–H groups in total. The summed E-state index contributed by atoms with van der Waals surface area (Å²) in [5.74, 6) is 2.03. The summed E-state index contributed by atoms with van der Waals surface area (Å²) in [4.78, 5) is 0. The van der Waals surface area contributed by atoms with Gasteiger partial charge in [0.1, 0.15) is 11.5 Å². The normalized spacial score (nSPS) is 12.0. The highest BCUT2D eigenvalue weighted by molar-refractivity contribution is 5.42. The lowest BCUT2D eigenvalue weighted by Gasteiger charge is -2.10. The Bertz CT molecular complexity index is 585. The molecule has 2 aromatic rings. The zero-order valence-corrected chi connectivity index (χ0v) is 12.6. The maximum atomic E-state index is 5.52. The summed E-state index contributed by atoms with van der Waals surface area (Å²) in [5.41, 5.74) is 0.972. The molecule has 21 heavy (non-hydrogen) atoms. The quantitative estimate of drug-likeness (QED) is 0.807. The fraction of sp³-hybridized carbons (Fsp3) is 0.429. The van der Waals surface area contributed by atoms with E-state index in [4.69, 9.17) is 13.9 Å². The third-order valence-electron chi connectivity index (χ3n) is 3.17. The van der Waals surface area contributed by atoms with Crippen molar-refractivity contribution >= 4 is 6.01 Å². The molecular weight excluding hydrogens is 272 g/mol. The number of hydrogen-bond acceptors (Lipinski definition) is 7. The molecule has 7 heteroatoms. The van der Waals surface area contributed by atoms with E-state index < -0.39 is 0 Å². The number of nitrogens with one attached hydrogen (secondary N) is 2. The first-order valence-electron chi connectivity index (χ1n) is 6.63. The Morgan fingerprint density at radius 3 is 2.71 bits per heavy atom. The van der Waals surface area contributed by atoms with Crippen LogP contribution in [0.3, 0.4) is 0 Å². The fourth-order valence-electron chi connectivity index (χ4n) is 1.77. The molecule has 1 aromatic heterocycles. The van der Waals surface area contributed by atoms with E-state index >= 15 is 0 Å². The molecule has 0 radical (unpaired) electrons. The van der Waals surface area contributed by atoms with Crippen LogP contribution in [-0.4, -0.2) is 31.5 Å². The second-order valence-corrected chi connectivity index (χ2v) is 4.49. The van der Waals surface area contributed by atoms with Crippen molar-refractivity contribution in [3.63, 3.8) is 0 Å². The molecule has 2 rings (SSSR count). The van der Waals surface area contributed by atoms with E-state index in [1.807, 2.05) is 32.2 Å². The minimum Gasteiger partial charge on any atom is -0.497 e. The summed E-state index contributed by atoms with van der Waals surface area (Å²) in [5, 5.41) is 14.1. The number of hydrogen-bond donors (Lipinski definition) is 2. The largest absolute Gasteiger partial charge is 0.497 e. The molecule has 1 heterocycles. The van der Waals surface area contributed by atoms with E-state index in [1.54, 1.807) is 14.2 Å². The Kier molecular flexibility index (Phi) is 4.99. The molecule has 0 amide bonds. The highest BCUT2D eigenvalue weighted by atomic mass is 16.5. The second kappa shape index (κ2) is 6.94. The number of rotatable bonds is 7. The number of anilines is 1. The van der Waals surface area contributed by atoms with Crippen molar-refractivity contribution in [2.24, 2.45) is 0 Å². The van der Waals surface area contributed by atoms with Gasteiger partial charge in [0.05, 0.1) is 20.3 Å². The molecule has 0 fully saturated rings. The van der Waals surface area contributed by atoms with Crippen LogP contribution >= 0.6 is 0 Å². The Morgan fingerprint density at radius 1 is 1.24 bits per heavy atom. The van der Waals surface area contributed by atoms with Gasteiger partial charge in [-0.3, -0.25) is 0 Å². The fourth-order valence-corrected chi connectivity index (χ4v) is 1.77. The average Bonchev–Trinajstić information content (AvgIpc) is 3.00. The molecule has 0 aliphatic rings. The minimum absolute atomic E-state index is 0.0172. The molecule has 1 atom stereocenters. The molecule has 1 aromatic carbocycles. The molecular formula is C14H20N4O3. The van der Waals surface area contributed by atoms with Crippen LogP contribution in [0.4, 0.5) is 6.01 Å². The highest BCUT2D eigenvalue weighted by Gasteiger charge is 2.12. The predicted octanol–water partition coefficient (Wildman–Crippen LogP) is 1.98. The van der Waals surface area contributed by atoms with Crippen molar-refractivity contribution in [3.05, 3.63) is 29.7 Å². The van der Waals surface area contributed by atoms with Gasteiger partial charge in [-0.1, -0.05) is 5.10 Å². The lowest BCUT2D eigenvalue weighted by Crippen LogP contribution is -2.12. The number of aromatic nitrogens is 2. The maximum Gasteiger partial charge on any atom is 0.315 e. The lowest BCUT2D eigenvalue weighted by atomic mass is 10.2. The molecule has 114 valence electrons. The maximum absolute atomic E-state index is 5.52. The van der Waals surface area contributed by atoms with Crippen molar-refractivity contribution in [3.8, 4) is 11.5 Å². The molecule has 0 aliphatic carbocycles. The van der Waals surface area contributed by atoms with Crippen LogP contribution in [0.15, 0.2) is 22.6 Å². The van der Waals surface area contributed by atoms with Crippen molar-refractivity contribution in [2.45, 2.75) is 19.5 Å². The summed E-state index contributed by atoms with van der Waals surface area (Å²) in [6, 6.07) is 6.04. The van der Waals surface area contributed by atoms with E-state index in [2.05, 4.69) is 20.8 Å². The zero-order chi connectivity index (χ0) is 15.2. The summed E-state index contributed by atoms with van der Waals surface area (Å²) >= 11 is 0. The first-order valence-corrected chi connectivity index (χ1v) is 6.63. The smallest absolute Gasteiger partial charge is 0.315 e. The van der Waals surface area contributed by atoms with E-state index in [0.717, 1.165) is 17.1 Å². The lowest BCUT2D eigenvalue weighted by molar-refractivity contribution is 0.391. The Morgan fingerprint density at radius 2 is 2.05 bits per heavy atom. The molecule has 0 bridgehead atoms. The average molecular weight is 292 g/mol. The van der Waals surface area contributed by atoms with E-state index in [-0.39, 0.29) is 6.04 Å². The highest BCUT2D eigenvalue weighted by Crippen LogP contribution is 2.25. The molecule has 0 aliphatic heterocycles. The van der Waals surface area contributed by atoms with Crippen molar-refractivity contribution in [2.75, 3.05) is 26.6 Å². The van der Waals surface area contributed by atoms with Crippen LogP contribution in [0.25, 0.3) is 0 Å². The van der Waals surface area contributed by atoms with E-state index in [1.165, 1.54) is 0 Å². The van der Waals surface area contributed by atoms with Crippen molar-refractivity contribution < 1.29 is 13.9 Å². The first kappa shape index (κ1) is 15.1. The molecule has 0 saturated carbocycles. The number of ether oxygens (including phenoxy) is 2. The Labute approximate surface area is 123 Å². The van der Waals surface area contributed by atoms with Gasteiger partial charge in [-0.05, 0) is 26.1 Å². The number of benzene rings is 1. The van der Waals surface area contributed by atoms with Gasteiger partial charge < -0.3 is 24.5 Å².